The summed E-state index contributed by atoms with van der Waals surface area (Å²) in [6, 6.07) is 6.00. The van der Waals surface area contributed by atoms with E-state index in [9.17, 15) is 13.2 Å². The van der Waals surface area contributed by atoms with Gasteiger partial charge >= 0.3 is 6.18 Å². The molecular weight excluding hydrogens is 287 g/mol. The Hall–Kier alpha value is -1.34. The minimum absolute atomic E-state index is 0.0513. The lowest BCUT2D eigenvalue weighted by Crippen LogP contribution is -2.14. The molecule has 1 aromatic carbocycles. The van der Waals surface area contributed by atoms with Crippen molar-refractivity contribution in [2.24, 2.45) is 7.05 Å². The van der Waals surface area contributed by atoms with Gasteiger partial charge in [0.05, 0.1) is 5.69 Å². The number of halogens is 4. The first kappa shape index (κ1) is 13.1. The summed E-state index contributed by atoms with van der Waals surface area (Å²) in [5.74, 6) is -1.07. The van der Waals surface area contributed by atoms with E-state index in [0.29, 0.717) is 5.02 Å². The fraction of sp³-hybridized carbons (Fsp3) is 0.200. The summed E-state index contributed by atoms with van der Waals surface area (Å²) >= 11 is 10.7. The zero-order valence-corrected chi connectivity index (χ0v) is 10.6. The molecule has 3 nitrogen and oxygen atoms in total. The van der Waals surface area contributed by atoms with Gasteiger partial charge in [0.2, 0.25) is 10.6 Å². The molecule has 0 aliphatic rings. The van der Waals surface area contributed by atoms with Gasteiger partial charge in [-0.15, -0.1) is 5.10 Å². The maximum Gasteiger partial charge on any atom is 0.452 e. The van der Waals surface area contributed by atoms with E-state index in [1.807, 2.05) is 0 Å². The first-order valence-corrected chi connectivity index (χ1v) is 5.58. The molecule has 8 heteroatoms. The van der Waals surface area contributed by atoms with Gasteiger partial charge in [-0.05, 0) is 30.4 Å². The first-order chi connectivity index (χ1) is 8.30. The van der Waals surface area contributed by atoms with E-state index < -0.39 is 12.0 Å². The molecule has 1 aromatic heterocycles. The number of rotatable bonds is 1. The molecule has 0 saturated heterocycles. The average molecular weight is 294 g/mol. The molecule has 0 fully saturated rings. The summed E-state index contributed by atoms with van der Waals surface area (Å²) in [6.07, 6.45) is -4.59. The topological polar surface area (TPSA) is 22.8 Å². The lowest BCUT2D eigenvalue weighted by atomic mass is 10.3. The van der Waals surface area contributed by atoms with Crippen LogP contribution in [-0.4, -0.2) is 14.3 Å². The Kier molecular flexibility index (Phi) is 3.20. The predicted octanol–water partition coefficient (Wildman–Crippen LogP) is 3.61. The van der Waals surface area contributed by atoms with Crippen molar-refractivity contribution in [3.05, 3.63) is 39.9 Å². The Labute approximate surface area is 110 Å². The van der Waals surface area contributed by atoms with Gasteiger partial charge in [-0.3, -0.25) is 4.57 Å². The van der Waals surface area contributed by atoms with Crippen LogP contribution in [0, 0.1) is 4.77 Å². The zero-order chi connectivity index (χ0) is 13.5. The molecule has 0 unspecified atom stereocenters. The molecule has 0 saturated carbocycles. The molecule has 2 rings (SSSR count). The number of benzene rings is 1. The molecule has 96 valence electrons. The standard InChI is InChI=1S/C10H7ClF3N3S/c1-16-9(18)17(8(15-16)10(12,13)14)7-4-2-3-6(11)5-7/h2-5H,1H3. The quantitative estimate of drug-likeness (QED) is 0.750. The van der Waals surface area contributed by atoms with Gasteiger partial charge < -0.3 is 0 Å². The number of aromatic nitrogens is 3. The van der Waals surface area contributed by atoms with Crippen LogP contribution < -0.4 is 0 Å². The molecular formula is C10H7ClF3N3S. The van der Waals surface area contributed by atoms with Crippen molar-refractivity contribution in [1.82, 2.24) is 14.3 Å². The highest BCUT2D eigenvalue weighted by Crippen LogP contribution is 2.30. The minimum Gasteiger partial charge on any atom is -0.264 e. The third kappa shape index (κ3) is 2.28. The van der Waals surface area contributed by atoms with E-state index >= 15 is 0 Å². The fourth-order valence-corrected chi connectivity index (χ4v) is 1.91. The Balaban J connectivity index is 2.75. The van der Waals surface area contributed by atoms with Crippen molar-refractivity contribution < 1.29 is 13.2 Å². The zero-order valence-electron chi connectivity index (χ0n) is 9.07. The number of hydrogen-bond donors (Lipinski definition) is 0. The van der Waals surface area contributed by atoms with Gasteiger partial charge in [0, 0.05) is 12.1 Å². The number of aryl methyl sites for hydroxylation is 1. The normalized spacial score (nSPS) is 11.8. The molecule has 0 atom stereocenters. The Morgan fingerprint density at radius 3 is 2.56 bits per heavy atom. The van der Waals surface area contributed by atoms with Crippen LogP contribution in [0.2, 0.25) is 5.02 Å². The summed E-state index contributed by atoms with van der Waals surface area (Å²) in [6.45, 7) is 0. The van der Waals surface area contributed by atoms with Crippen LogP contribution in [0.4, 0.5) is 13.2 Å². The van der Waals surface area contributed by atoms with E-state index in [1.54, 1.807) is 12.1 Å². The van der Waals surface area contributed by atoms with Crippen molar-refractivity contribution in [3.63, 3.8) is 0 Å². The summed E-state index contributed by atoms with van der Waals surface area (Å²) in [5, 5.41) is 3.72. The summed E-state index contributed by atoms with van der Waals surface area (Å²) in [5.41, 5.74) is 0.230. The monoisotopic (exact) mass is 293 g/mol. The number of hydrogen-bond acceptors (Lipinski definition) is 2. The highest BCUT2D eigenvalue weighted by atomic mass is 35.5. The van der Waals surface area contributed by atoms with Crippen molar-refractivity contribution in [2.75, 3.05) is 0 Å². The Morgan fingerprint density at radius 2 is 2.00 bits per heavy atom. The Morgan fingerprint density at radius 1 is 1.33 bits per heavy atom. The molecule has 0 N–H and O–H groups in total. The van der Waals surface area contributed by atoms with E-state index in [1.165, 1.54) is 19.2 Å². The van der Waals surface area contributed by atoms with Crippen LogP contribution in [0.3, 0.4) is 0 Å². The largest absolute Gasteiger partial charge is 0.452 e. The lowest BCUT2D eigenvalue weighted by Gasteiger charge is -2.09. The van der Waals surface area contributed by atoms with Gasteiger partial charge in [0.15, 0.2) is 0 Å². The summed E-state index contributed by atoms with van der Waals surface area (Å²) in [4.78, 5) is 0. The lowest BCUT2D eigenvalue weighted by molar-refractivity contribution is -0.146. The summed E-state index contributed by atoms with van der Waals surface area (Å²) in [7, 11) is 1.36. The molecule has 0 amide bonds. The Bertz CT molecular complexity index is 645. The van der Waals surface area contributed by atoms with Crippen molar-refractivity contribution >= 4 is 23.8 Å². The predicted molar refractivity (Wildman–Crippen MR) is 63.4 cm³/mol. The van der Waals surface area contributed by atoms with Crippen LogP contribution >= 0.6 is 23.8 Å². The van der Waals surface area contributed by atoms with Crippen molar-refractivity contribution in [3.8, 4) is 5.69 Å². The van der Waals surface area contributed by atoms with Crippen molar-refractivity contribution in [2.45, 2.75) is 6.18 Å². The molecule has 0 aliphatic heterocycles. The van der Waals surface area contributed by atoms with Crippen LogP contribution in [-0.2, 0) is 13.2 Å². The number of nitrogens with zero attached hydrogens (tertiary/aromatic N) is 3. The second-order valence-electron chi connectivity index (χ2n) is 3.54. The van der Waals surface area contributed by atoms with E-state index in [0.717, 1.165) is 9.25 Å². The first-order valence-electron chi connectivity index (χ1n) is 4.80. The molecule has 2 aromatic rings. The smallest absolute Gasteiger partial charge is 0.264 e. The van der Waals surface area contributed by atoms with Crippen LogP contribution in [0.25, 0.3) is 5.69 Å². The molecule has 0 bridgehead atoms. The highest BCUT2D eigenvalue weighted by molar-refractivity contribution is 7.71. The van der Waals surface area contributed by atoms with Gasteiger partial charge in [-0.25, -0.2) is 4.68 Å². The third-order valence-electron chi connectivity index (χ3n) is 2.24. The fourth-order valence-electron chi connectivity index (χ4n) is 1.50. The molecule has 0 aliphatic carbocycles. The van der Waals surface area contributed by atoms with Crippen molar-refractivity contribution in [1.29, 1.82) is 0 Å². The minimum atomic E-state index is -4.59. The van der Waals surface area contributed by atoms with Gasteiger partial charge in [-0.1, -0.05) is 17.7 Å². The molecule has 0 spiro atoms. The summed E-state index contributed by atoms with van der Waals surface area (Å²) < 4.78 is 40.4. The van der Waals surface area contributed by atoms with Crippen LogP contribution in [0.15, 0.2) is 24.3 Å². The van der Waals surface area contributed by atoms with Gasteiger partial charge in [0.1, 0.15) is 0 Å². The maximum absolute atomic E-state index is 12.9. The van der Waals surface area contributed by atoms with Crippen LogP contribution in [0.1, 0.15) is 5.82 Å². The third-order valence-corrected chi connectivity index (χ3v) is 2.93. The van der Waals surface area contributed by atoms with Gasteiger partial charge in [-0.2, -0.15) is 13.2 Å². The van der Waals surface area contributed by atoms with Gasteiger partial charge in [0.25, 0.3) is 0 Å². The highest BCUT2D eigenvalue weighted by Gasteiger charge is 2.38. The van der Waals surface area contributed by atoms with E-state index in [2.05, 4.69) is 5.10 Å². The second kappa shape index (κ2) is 4.40. The SMILES string of the molecule is Cn1nc(C(F)(F)F)n(-c2cccc(Cl)c2)c1=S. The average Bonchev–Trinajstić information content (AvgIpc) is 2.55. The number of alkyl halides is 3. The second-order valence-corrected chi connectivity index (χ2v) is 4.34. The molecule has 1 heterocycles. The molecule has 0 radical (unpaired) electrons. The van der Waals surface area contributed by atoms with E-state index in [-0.39, 0.29) is 10.5 Å². The van der Waals surface area contributed by atoms with E-state index in [4.69, 9.17) is 23.8 Å². The maximum atomic E-state index is 12.9. The molecule has 18 heavy (non-hydrogen) atoms. The van der Waals surface area contributed by atoms with Crippen LogP contribution in [0.5, 0.6) is 0 Å².